The number of hydrogen-bond donors (Lipinski definition) is 2. The third-order valence-electron chi connectivity index (χ3n) is 4.03. The molecule has 4 nitrogen and oxygen atoms in total. The minimum absolute atomic E-state index is 0.0382. The minimum atomic E-state index is -0.0382. The summed E-state index contributed by atoms with van der Waals surface area (Å²) in [5.41, 5.74) is 1.23. The van der Waals surface area contributed by atoms with Crippen molar-refractivity contribution in [3.05, 3.63) is 29.8 Å². The quantitative estimate of drug-likeness (QED) is 0.856. The van der Waals surface area contributed by atoms with E-state index in [1.807, 2.05) is 18.2 Å². The van der Waals surface area contributed by atoms with Crippen LogP contribution in [0.2, 0.25) is 0 Å². The molecule has 1 fully saturated rings. The Hall–Kier alpha value is -1.55. The molecule has 0 aromatic heterocycles. The summed E-state index contributed by atoms with van der Waals surface area (Å²) in [6.07, 6.45) is 2.02. The number of para-hydroxylation sites is 1. The Morgan fingerprint density at radius 2 is 2.32 bits per heavy atom. The molecule has 2 aliphatic heterocycles. The number of fused-ring (bicyclic) bond motifs is 1. The zero-order chi connectivity index (χ0) is 13.2. The maximum Gasteiger partial charge on any atom is 0.237 e. The molecule has 1 amide bonds. The Kier molecular flexibility index (Phi) is 3.42. The van der Waals surface area contributed by atoms with E-state index >= 15 is 0 Å². The molecule has 3 unspecified atom stereocenters. The van der Waals surface area contributed by atoms with E-state index < -0.39 is 0 Å². The van der Waals surface area contributed by atoms with Crippen LogP contribution in [-0.2, 0) is 11.2 Å². The van der Waals surface area contributed by atoms with Gasteiger partial charge in [0.2, 0.25) is 5.91 Å². The SMILES string of the molecule is CC1CCNC1C(=O)NCC1Cc2ccccc2O1. The van der Waals surface area contributed by atoms with E-state index in [-0.39, 0.29) is 18.1 Å². The molecule has 19 heavy (non-hydrogen) atoms. The van der Waals surface area contributed by atoms with Crippen LogP contribution in [0, 0.1) is 5.92 Å². The number of nitrogens with one attached hydrogen (secondary N) is 2. The first kappa shape index (κ1) is 12.5. The van der Waals surface area contributed by atoms with Crippen LogP contribution in [0.25, 0.3) is 0 Å². The monoisotopic (exact) mass is 260 g/mol. The van der Waals surface area contributed by atoms with Crippen LogP contribution in [0.5, 0.6) is 5.75 Å². The van der Waals surface area contributed by atoms with Crippen LogP contribution in [0.15, 0.2) is 24.3 Å². The van der Waals surface area contributed by atoms with Gasteiger partial charge in [0.1, 0.15) is 11.9 Å². The molecule has 3 atom stereocenters. The lowest BCUT2D eigenvalue weighted by atomic mass is 10.0. The highest BCUT2D eigenvalue weighted by Gasteiger charge is 2.30. The Bertz CT molecular complexity index is 450. The Morgan fingerprint density at radius 3 is 3.05 bits per heavy atom. The van der Waals surface area contributed by atoms with E-state index in [4.69, 9.17) is 4.74 Å². The van der Waals surface area contributed by atoms with Crippen molar-refractivity contribution < 1.29 is 9.53 Å². The van der Waals surface area contributed by atoms with Crippen LogP contribution >= 0.6 is 0 Å². The van der Waals surface area contributed by atoms with Gasteiger partial charge in [-0.05, 0) is 30.5 Å². The summed E-state index contributed by atoms with van der Waals surface area (Å²) in [5.74, 6) is 1.47. The summed E-state index contributed by atoms with van der Waals surface area (Å²) < 4.78 is 5.81. The number of carbonyl (C=O) groups is 1. The first-order chi connectivity index (χ1) is 9.24. The number of ether oxygens (including phenoxy) is 1. The fourth-order valence-electron chi connectivity index (χ4n) is 2.88. The molecule has 0 saturated carbocycles. The van der Waals surface area contributed by atoms with Crippen LogP contribution in [-0.4, -0.2) is 31.1 Å². The first-order valence-electron chi connectivity index (χ1n) is 6.99. The molecule has 2 heterocycles. The van der Waals surface area contributed by atoms with Crippen LogP contribution < -0.4 is 15.4 Å². The number of benzene rings is 1. The highest BCUT2D eigenvalue weighted by atomic mass is 16.5. The standard InChI is InChI=1S/C15H20N2O2/c1-10-6-7-16-14(10)15(18)17-9-12-8-11-4-2-3-5-13(11)19-12/h2-5,10,12,14,16H,6-9H2,1H3,(H,17,18). The van der Waals surface area contributed by atoms with Crippen molar-refractivity contribution in [1.29, 1.82) is 0 Å². The van der Waals surface area contributed by atoms with Crippen molar-refractivity contribution in [1.82, 2.24) is 10.6 Å². The van der Waals surface area contributed by atoms with Gasteiger partial charge in [-0.25, -0.2) is 0 Å². The van der Waals surface area contributed by atoms with Crippen molar-refractivity contribution in [3.63, 3.8) is 0 Å². The van der Waals surface area contributed by atoms with E-state index in [1.54, 1.807) is 0 Å². The predicted octanol–water partition coefficient (Wildman–Crippen LogP) is 1.10. The average molecular weight is 260 g/mol. The van der Waals surface area contributed by atoms with E-state index in [9.17, 15) is 4.79 Å². The summed E-state index contributed by atoms with van der Waals surface area (Å²) >= 11 is 0. The number of hydrogen-bond acceptors (Lipinski definition) is 3. The van der Waals surface area contributed by atoms with Crippen molar-refractivity contribution in [2.24, 2.45) is 5.92 Å². The topological polar surface area (TPSA) is 50.4 Å². The van der Waals surface area contributed by atoms with Gasteiger partial charge in [0.15, 0.2) is 0 Å². The fraction of sp³-hybridized carbons (Fsp3) is 0.533. The second kappa shape index (κ2) is 5.21. The lowest BCUT2D eigenvalue weighted by Gasteiger charge is -2.17. The maximum atomic E-state index is 12.1. The van der Waals surface area contributed by atoms with Gasteiger partial charge < -0.3 is 15.4 Å². The van der Waals surface area contributed by atoms with Gasteiger partial charge in [-0.1, -0.05) is 25.1 Å². The molecule has 0 spiro atoms. The second-order valence-electron chi connectivity index (χ2n) is 5.49. The summed E-state index contributed by atoms with van der Waals surface area (Å²) in [6, 6.07) is 8.02. The summed E-state index contributed by atoms with van der Waals surface area (Å²) in [6.45, 7) is 3.63. The normalized spacial score (nSPS) is 28.8. The smallest absolute Gasteiger partial charge is 0.237 e. The molecule has 2 N–H and O–H groups in total. The van der Waals surface area contributed by atoms with Crippen LogP contribution in [0.4, 0.5) is 0 Å². The number of rotatable bonds is 3. The Balaban J connectivity index is 1.50. The zero-order valence-corrected chi connectivity index (χ0v) is 11.2. The minimum Gasteiger partial charge on any atom is -0.488 e. The molecule has 4 heteroatoms. The van der Waals surface area contributed by atoms with E-state index in [0.29, 0.717) is 12.5 Å². The van der Waals surface area contributed by atoms with E-state index in [2.05, 4.69) is 23.6 Å². The van der Waals surface area contributed by atoms with Crippen molar-refractivity contribution in [3.8, 4) is 5.75 Å². The van der Waals surface area contributed by atoms with Crippen molar-refractivity contribution in [2.45, 2.75) is 31.9 Å². The first-order valence-corrected chi connectivity index (χ1v) is 6.99. The van der Waals surface area contributed by atoms with Gasteiger partial charge in [0.05, 0.1) is 12.6 Å². The molecule has 1 aromatic rings. The highest BCUT2D eigenvalue weighted by molar-refractivity contribution is 5.82. The highest BCUT2D eigenvalue weighted by Crippen LogP contribution is 2.27. The molecule has 1 saturated heterocycles. The van der Waals surface area contributed by atoms with Crippen LogP contribution in [0.3, 0.4) is 0 Å². The molecule has 0 bridgehead atoms. The number of amides is 1. The predicted molar refractivity (Wildman–Crippen MR) is 73.1 cm³/mol. The summed E-state index contributed by atoms with van der Waals surface area (Å²) in [4.78, 5) is 12.1. The Morgan fingerprint density at radius 1 is 1.47 bits per heavy atom. The lowest BCUT2D eigenvalue weighted by Crippen LogP contribution is -2.46. The Labute approximate surface area is 113 Å². The fourth-order valence-corrected chi connectivity index (χ4v) is 2.88. The maximum absolute atomic E-state index is 12.1. The van der Waals surface area contributed by atoms with Gasteiger partial charge in [0, 0.05) is 6.42 Å². The van der Waals surface area contributed by atoms with Gasteiger partial charge >= 0.3 is 0 Å². The zero-order valence-electron chi connectivity index (χ0n) is 11.2. The van der Waals surface area contributed by atoms with Crippen LogP contribution in [0.1, 0.15) is 18.9 Å². The lowest BCUT2D eigenvalue weighted by molar-refractivity contribution is -0.123. The van der Waals surface area contributed by atoms with Crippen molar-refractivity contribution in [2.75, 3.05) is 13.1 Å². The molecule has 102 valence electrons. The van der Waals surface area contributed by atoms with Crippen molar-refractivity contribution >= 4 is 5.91 Å². The third-order valence-corrected chi connectivity index (χ3v) is 4.03. The van der Waals surface area contributed by atoms with Gasteiger partial charge in [-0.15, -0.1) is 0 Å². The number of carbonyl (C=O) groups excluding carboxylic acids is 1. The molecule has 2 aliphatic rings. The molecule has 1 aromatic carbocycles. The molecule has 0 aliphatic carbocycles. The molecule has 0 radical (unpaired) electrons. The summed E-state index contributed by atoms with van der Waals surface area (Å²) in [5, 5.41) is 6.25. The molecular formula is C15H20N2O2. The summed E-state index contributed by atoms with van der Waals surface area (Å²) in [7, 11) is 0. The average Bonchev–Trinajstić information content (AvgIpc) is 3.01. The van der Waals surface area contributed by atoms with E-state index in [1.165, 1.54) is 5.56 Å². The molecular weight excluding hydrogens is 240 g/mol. The van der Waals surface area contributed by atoms with Gasteiger partial charge in [-0.3, -0.25) is 4.79 Å². The molecule has 3 rings (SSSR count). The third kappa shape index (κ3) is 2.59. The largest absolute Gasteiger partial charge is 0.488 e. The second-order valence-corrected chi connectivity index (χ2v) is 5.49. The van der Waals surface area contributed by atoms with E-state index in [0.717, 1.165) is 25.1 Å². The van der Waals surface area contributed by atoms with Gasteiger partial charge in [0.25, 0.3) is 0 Å². The van der Waals surface area contributed by atoms with Gasteiger partial charge in [-0.2, -0.15) is 0 Å².